The van der Waals surface area contributed by atoms with Crippen LogP contribution in [0.1, 0.15) is 5.56 Å². The van der Waals surface area contributed by atoms with Crippen LogP contribution in [0.4, 0.5) is 16.3 Å². The first kappa shape index (κ1) is 11.6. The van der Waals surface area contributed by atoms with Crippen molar-refractivity contribution in [1.82, 2.24) is 4.98 Å². The van der Waals surface area contributed by atoms with Crippen LogP contribution in [0.3, 0.4) is 0 Å². The van der Waals surface area contributed by atoms with Crippen LogP contribution < -0.4 is 16.8 Å². The Morgan fingerprint density at radius 1 is 1.69 bits per heavy atom. The number of nitrogens with zero attached hydrogens (tertiary/aromatic N) is 2. The fourth-order valence-electron chi connectivity index (χ4n) is 1.01. The molecule has 1 rings (SSSR count). The molecule has 0 saturated heterocycles. The van der Waals surface area contributed by atoms with Gasteiger partial charge in [0.25, 0.3) is 0 Å². The van der Waals surface area contributed by atoms with Gasteiger partial charge >= 0.3 is 6.09 Å². The highest BCUT2D eigenvalue weighted by Gasteiger charge is 2.01. The molecule has 0 fully saturated rings. The lowest BCUT2D eigenvalue weighted by Gasteiger charge is -2.07. The summed E-state index contributed by atoms with van der Waals surface area (Å²) in [5, 5.41) is 11.4. The Morgan fingerprint density at radius 2 is 2.44 bits per heavy atom. The van der Waals surface area contributed by atoms with Crippen molar-refractivity contribution in [2.24, 2.45) is 5.73 Å². The molecular weight excluding hydrogens is 210 g/mol. The van der Waals surface area contributed by atoms with E-state index in [1.165, 1.54) is 12.3 Å². The molecule has 5 N–H and O–H groups in total. The maximum atomic E-state index is 10.3. The summed E-state index contributed by atoms with van der Waals surface area (Å²) in [4.78, 5) is 14.2. The normalized spacial score (nSPS) is 9.19. The number of nitrogens with one attached hydrogen (secondary N) is 1. The van der Waals surface area contributed by atoms with E-state index in [2.05, 4.69) is 15.0 Å². The number of rotatable bonds is 4. The summed E-state index contributed by atoms with van der Waals surface area (Å²) in [6.07, 6.45) is 0.566. The molecule has 0 spiro atoms. The molecule has 1 aromatic heterocycles. The lowest BCUT2D eigenvalue weighted by Crippen LogP contribution is -2.19. The Kier molecular flexibility index (Phi) is 3.91. The van der Waals surface area contributed by atoms with Gasteiger partial charge in [-0.2, -0.15) is 5.26 Å². The van der Waals surface area contributed by atoms with Gasteiger partial charge in [-0.3, -0.25) is 0 Å². The number of amides is 1. The molecule has 1 amide bonds. The number of primary amides is 1. The first-order valence-corrected chi connectivity index (χ1v) is 4.45. The molecule has 0 radical (unpaired) electrons. The summed E-state index contributed by atoms with van der Waals surface area (Å²) in [6, 6.07) is 3.43. The zero-order chi connectivity index (χ0) is 12.0. The molecule has 0 aliphatic rings. The smallest absolute Gasteiger partial charge is 0.404 e. The lowest BCUT2D eigenvalue weighted by molar-refractivity contribution is 0.161. The summed E-state index contributed by atoms with van der Waals surface area (Å²) < 4.78 is 4.50. The van der Waals surface area contributed by atoms with E-state index in [1.54, 1.807) is 0 Å². The van der Waals surface area contributed by atoms with Crippen molar-refractivity contribution in [2.45, 2.75) is 0 Å². The number of ether oxygens (including phenoxy) is 1. The minimum atomic E-state index is -0.831. The molecule has 1 heterocycles. The average molecular weight is 221 g/mol. The SMILES string of the molecule is N#Cc1cnc(NCCOC(N)=O)c(N)c1. The predicted molar refractivity (Wildman–Crippen MR) is 57.4 cm³/mol. The molecule has 84 valence electrons. The van der Waals surface area contributed by atoms with E-state index in [4.69, 9.17) is 16.7 Å². The second-order valence-electron chi connectivity index (χ2n) is 2.87. The van der Waals surface area contributed by atoms with E-state index in [0.29, 0.717) is 23.6 Å². The summed E-state index contributed by atoms with van der Waals surface area (Å²) in [5.41, 5.74) is 11.1. The Morgan fingerprint density at radius 3 is 3.00 bits per heavy atom. The number of nitrogen functional groups attached to an aromatic ring is 1. The molecular formula is C9H11N5O2. The zero-order valence-corrected chi connectivity index (χ0v) is 8.43. The van der Waals surface area contributed by atoms with Gasteiger partial charge in [-0.25, -0.2) is 9.78 Å². The van der Waals surface area contributed by atoms with Gasteiger partial charge in [0.2, 0.25) is 0 Å². The Bertz CT molecular complexity index is 426. The highest BCUT2D eigenvalue weighted by molar-refractivity contribution is 5.65. The Balaban J connectivity index is 2.49. The fourth-order valence-corrected chi connectivity index (χ4v) is 1.01. The first-order valence-electron chi connectivity index (χ1n) is 4.45. The number of nitriles is 1. The standard InChI is InChI=1S/C9H11N5O2/c10-4-6-3-7(11)8(14-5-6)13-1-2-16-9(12)15/h3,5H,1-2,11H2,(H2,12,15)(H,13,14). The van der Waals surface area contributed by atoms with Crippen LogP contribution in [0.5, 0.6) is 0 Å². The van der Waals surface area contributed by atoms with Crippen molar-refractivity contribution < 1.29 is 9.53 Å². The van der Waals surface area contributed by atoms with Gasteiger partial charge in [0.15, 0.2) is 0 Å². The van der Waals surface area contributed by atoms with E-state index >= 15 is 0 Å². The van der Waals surface area contributed by atoms with Crippen molar-refractivity contribution in [2.75, 3.05) is 24.2 Å². The zero-order valence-electron chi connectivity index (χ0n) is 8.43. The Hall–Kier alpha value is -2.49. The Labute approximate surface area is 92.0 Å². The first-order chi connectivity index (χ1) is 7.63. The van der Waals surface area contributed by atoms with Crippen LogP contribution >= 0.6 is 0 Å². The fraction of sp³-hybridized carbons (Fsp3) is 0.222. The van der Waals surface area contributed by atoms with Crippen LogP contribution in [0, 0.1) is 11.3 Å². The summed E-state index contributed by atoms with van der Waals surface area (Å²) >= 11 is 0. The van der Waals surface area contributed by atoms with Crippen LogP contribution in [0.25, 0.3) is 0 Å². The molecule has 7 nitrogen and oxygen atoms in total. The largest absolute Gasteiger partial charge is 0.448 e. The molecule has 0 aromatic carbocycles. The third kappa shape index (κ3) is 3.34. The van der Waals surface area contributed by atoms with Gasteiger partial charge in [0, 0.05) is 6.20 Å². The second kappa shape index (κ2) is 5.41. The van der Waals surface area contributed by atoms with Crippen LogP contribution in [0.15, 0.2) is 12.3 Å². The van der Waals surface area contributed by atoms with Crippen molar-refractivity contribution in [3.8, 4) is 6.07 Å². The number of aromatic nitrogens is 1. The van der Waals surface area contributed by atoms with E-state index in [0.717, 1.165) is 0 Å². The molecule has 0 bridgehead atoms. The maximum absolute atomic E-state index is 10.3. The number of hydrogen-bond acceptors (Lipinski definition) is 6. The number of nitrogens with two attached hydrogens (primary N) is 2. The number of carbonyl (C=O) groups excluding carboxylic acids is 1. The number of anilines is 2. The van der Waals surface area contributed by atoms with Crippen LogP contribution in [-0.2, 0) is 4.74 Å². The molecule has 0 atom stereocenters. The lowest BCUT2D eigenvalue weighted by atomic mass is 10.3. The highest BCUT2D eigenvalue weighted by Crippen LogP contribution is 2.15. The van der Waals surface area contributed by atoms with E-state index in [9.17, 15) is 4.79 Å². The maximum Gasteiger partial charge on any atom is 0.404 e. The van der Waals surface area contributed by atoms with Crippen LogP contribution in [-0.4, -0.2) is 24.2 Å². The van der Waals surface area contributed by atoms with Crippen molar-refractivity contribution in [3.05, 3.63) is 17.8 Å². The molecule has 7 heteroatoms. The van der Waals surface area contributed by atoms with E-state index in [-0.39, 0.29) is 6.61 Å². The number of pyridine rings is 1. The third-order valence-electron chi connectivity index (χ3n) is 1.69. The molecule has 0 unspecified atom stereocenters. The molecule has 0 saturated carbocycles. The monoisotopic (exact) mass is 221 g/mol. The average Bonchev–Trinajstić information content (AvgIpc) is 2.25. The quantitative estimate of drug-likeness (QED) is 0.616. The highest BCUT2D eigenvalue weighted by atomic mass is 16.5. The van der Waals surface area contributed by atoms with Gasteiger partial charge in [0.1, 0.15) is 18.5 Å². The van der Waals surface area contributed by atoms with Crippen molar-refractivity contribution >= 4 is 17.6 Å². The van der Waals surface area contributed by atoms with Gasteiger partial charge in [-0.05, 0) is 6.07 Å². The third-order valence-corrected chi connectivity index (χ3v) is 1.69. The second-order valence-corrected chi connectivity index (χ2v) is 2.87. The summed E-state index contributed by atoms with van der Waals surface area (Å²) in [5.74, 6) is 0.437. The van der Waals surface area contributed by atoms with Crippen LogP contribution in [0.2, 0.25) is 0 Å². The summed E-state index contributed by atoms with van der Waals surface area (Å²) in [6.45, 7) is 0.461. The van der Waals surface area contributed by atoms with Crippen molar-refractivity contribution in [3.63, 3.8) is 0 Å². The predicted octanol–water partition coefficient (Wildman–Crippen LogP) is 0.0427. The van der Waals surface area contributed by atoms with Gasteiger partial charge in [0.05, 0.1) is 17.8 Å². The van der Waals surface area contributed by atoms with Gasteiger partial charge < -0.3 is 21.5 Å². The molecule has 0 aliphatic heterocycles. The summed E-state index contributed by atoms with van der Waals surface area (Å²) in [7, 11) is 0. The van der Waals surface area contributed by atoms with Gasteiger partial charge in [-0.15, -0.1) is 0 Å². The molecule has 1 aromatic rings. The van der Waals surface area contributed by atoms with Crippen molar-refractivity contribution in [1.29, 1.82) is 5.26 Å². The minimum Gasteiger partial charge on any atom is -0.448 e. The van der Waals surface area contributed by atoms with E-state index in [1.807, 2.05) is 6.07 Å². The molecule has 0 aliphatic carbocycles. The number of hydrogen-bond donors (Lipinski definition) is 3. The number of carbonyl (C=O) groups is 1. The minimum absolute atomic E-state index is 0.121. The van der Waals surface area contributed by atoms with Gasteiger partial charge in [-0.1, -0.05) is 0 Å². The van der Waals surface area contributed by atoms with E-state index < -0.39 is 6.09 Å². The topological polar surface area (TPSA) is 127 Å². The molecule has 16 heavy (non-hydrogen) atoms.